The van der Waals surface area contributed by atoms with Crippen LogP contribution in [-0.2, 0) is 11.2 Å². The summed E-state index contributed by atoms with van der Waals surface area (Å²) >= 11 is 3.02. The van der Waals surface area contributed by atoms with E-state index in [1.165, 1.54) is 5.56 Å². The highest BCUT2D eigenvalue weighted by molar-refractivity contribution is 9.12. The van der Waals surface area contributed by atoms with Crippen LogP contribution < -0.4 is 5.32 Å². The first kappa shape index (κ1) is 11.0. The van der Waals surface area contributed by atoms with Gasteiger partial charge in [-0.3, -0.25) is 4.79 Å². The lowest BCUT2D eigenvalue weighted by Crippen LogP contribution is -2.25. The minimum Gasteiger partial charge on any atom is -0.351 e. The van der Waals surface area contributed by atoms with E-state index in [0.717, 1.165) is 6.42 Å². The minimum atomic E-state index is -0.152. The molecule has 0 aliphatic rings. The molecule has 74 valence electrons. The molecule has 0 unspecified atom stereocenters. The molecule has 1 aromatic rings. The monoisotopic (exact) mass is 253 g/mol. The van der Waals surface area contributed by atoms with Crippen molar-refractivity contribution in [3.63, 3.8) is 0 Å². The first-order valence-electron chi connectivity index (χ1n) is 4.36. The van der Waals surface area contributed by atoms with E-state index < -0.39 is 0 Å². The van der Waals surface area contributed by atoms with E-state index in [1.54, 1.807) is 0 Å². The fraction of sp³-hybridized carbons (Fsp3) is 0.182. The highest BCUT2D eigenvalue weighted by Gasteiger charge is 2.01. The fourth-order valence-corrected chi connectivity index (χ4v) is 1.20. The van der Waals surface area contributed by atoms with Gasteiger partial charge in [-0.2, -0.15) is 0 Å². The van der Waals surface area contributed by atoms with Crippen molar-refractivity contribution >= 4 is 21.8 Å². The lowest BCUT2D eigenvalue weighted by molar-refractivity contribution is -0.116. The van der Waals surface area contributed by atoms with Gasteiger partial charge in [-0.1, -0.05) is 36.9 Å². The Balaban J connectivity index is 2.29. The number of hydrogen-bond donors (Lipinski definition) is 1. The molecule has 0 aliphatic carbocycles. The second-order valence-corrected chi connectivity index (χ2v) is 3.85. The van der Waals surface area contributed by atoms with Crippen LogP contribution >= 0.6 is 15.9 Å². The third-order valence-electron chi connectivity index (χ3n) is 1.79. The number of carbonyl (C=O) groups is 1. The van der Waals surface area contributed by atoms with Crippen molar-refractivity contribution < 1.29 is 4.79 Å². The maximum Gasteiger partial charge on any atom is 0.257 e. The second-order valence-electron chi connectivity index (χ2n) is 2.90. The third-order valence-corrected chi connectivity index (χ3v) is 2.15. The van der Waals surface area contributed by atoms with E-state index in [2.05, 4.69) is 27.8 Å². The van der Waals surface area contributed by atoms with Crippen molar-refractivity contribution in [2.45, 2.75) is 6.42 Å². The zero-order valence-corrected chi connectivity index (χ0v) is 9.38. The standard InChI is InChI=1S/C11H12BrNO/c1-9(12)11(14)13-8-7-10-5-3-2-4-6-10/h2-6H,1,7-8H2,(H,13,14). The van der Waals surface area contributed by atoms with Crippen LogP contribution in [0.3, 0.4) is 0 Å². The molecule has 0 aromatic heterocycles. The highest BCUT2D eigenvalue weighted by atomic mass is 79.9. The maximum absolute atomic E-state index is 11.1. The topological polar surface area (TPSA) is 29.1 Å². The smallest absolute Gasteiger partial charge is 0.257 e. The van der Waals surface area contributed by atoms with Crippen LogP contribution in [0.4, 0.5) is 0 Å². The van der Waals surface area contributed by atoms with Crippen LogP contribution in [0.5, 0.6) is 0 Å². The quantitative estimate of drug-likeness (QED) is 0.820. The average molecular weight is 254 g/mol. The van der Waals surface area contributed by atoms with Gasteiger partial charge in [0.05, 0.1) is 4.48 Å². The summed E-state index contributed by atoms with van der Waals surface area (Å²) in [4.78, 5) is 11.1. The zero-order valence-electron chi connectivity index (χ0n) is 7.79. The Morgan fingerprint density at radius 3 is 2.57 bits per heavy atom. The third kappa shape index (κ3) is 3.75. The van der Waals surface area contributed by atoms with Gasteiger partial charge in [0.1, 0.15) is 0 Å². The van der Waals surface area contributed by atoms with Crippen LogP contribution in [0.15, 0.2) is 41.4 Å². The van der Waals surface area contributed by atoms with Gasteiger partial charge in [-0.15, -0.1) is 0 Å². The molecular formula is C11H12BrNO. The van der Waals surface area contributed by atoms with E-state index >= 15 is 0 Å². The van der Waals surface area contributed by atoms with Crippen molar-refractivity contribution in [2.24, 2.45) is 0 Å². The molecule has 0 atom stereocenters. The molecule has 0 saturated carbocycles. The van der Waals surface area contributed by atoms with Crippen LogP contribution in [0.2, 0.25) is 0 Å². The summed E-state index contributed by atoms with van der Waals surface area (Å²) in [5, 5.41) is 2.75. The zero-order chi connectivity index (χ0) is 10.4. The Morgan fingerprint density at radius 2 is 2.00 bits per heavy atom. The lowest BCUT2D eigenvalue weighted by Gasteiger charge is -2.03. The Hall–Kier alpha value is -1.09. The van der Waals surface area contributed by atoms with E-state index in [-0.39, 0.29) is 5.91 Å². The molecule has 0 aliphatic heterocycles. The largest absolute Gasteiger partial charge is 0.351 e. The maximum atomic E-state index is 11.1. The van der Waals surface area contributed by atoms with Gasteiger partial charge in [0.2, 0.25) is 0 Å². The minimum absolute atomic E-state index is 0.152. The number of rotatable bonds is 4. The molecule has 1 rings (SSSR count). The van der Waals surface area contributed by atoms with Gasteiger partial charge < -0.3 is 5.32 Å². The summed E-state index contributed by atoms with van der Waals surface area (Å²) in [6.07, 6.45) is 0.840. The van der Waals surface area contributed by atoms with Gasteiger partial charge >= 0.3 is 0 Å². The average Bonchev–Trinajstić information content (AvgIpc) is 2.19. The Morgan fingerprint density at radius 1 is 1.36 bits per heavy atom. The molecular weight excluding hydrogens is 242 g/mol. The van der Waals surface area contributed by atoms with E-state index in [4.69, 9.17) is 0 Å². The molecule has 2 nitrogen and oxygen atoms in total. The van der Waals surface area contributed by atoms with Gasteiger partial charge in [0.15, 0.2) is 0 Å². The molecule has 14 heavy (non-hydrogen) atoms. The van der Waals surface area contributed by atoms with Crippen molar-refractivity contribution in [3.05, 3.63) is 47.0 Å². The van der Waals surface area contributed by atoms with Crippen LogP contribution in [-0.4, -0.2) is 12.5 Å². The van der Waals surface area contributed by atoms with E-state index in [9.17, 15) is 4.79 Å². The number of halogens is 1. The Labute approximate surface area is 92.1 Å². The molecule has 1 amide bonds. The molecule has 0 saturated heterocycles. The summed E-state index contributed by atoms with van der Waals surface area (Å²) in [6.45, 7) is 4.12. The van der Waals surface area contributed by atoms with Gasteiger partial charge in [-0.05, 0) is 27.9 Å². The highest BCUT2D eigenvalue weighted by Crippen LogP contribution is 2.01. The summed E-state index contributed by atoms with van der Waals surface area (Å²) in [7, 11) is 0. The van der Waals surface area contributed by atoms with E-state index in [0.29, 0.717) is 11.0 Å². The SMILES string of the molecule is C=C(Br)C(=O)NCCc1ccccc1. The van der Waals surface area contributed by atoms with Crippen LogP contribution in [0.25, 0.3) is 0 Å². The fourth-order valence-electron chi connectivity index (χ4n) is 1.06. The summed E-state index contributed by atoms with van der Waals surface area (Å²) < 4.78 is 0.366. The van der Waals surface area contributed by atoms with Gasteiger partial charge in [-0.25, -0.2) is 0 Å². The predicted molar refractivity (Wildman–Crippen MR) is 61.2 cm³/mol. The normalized spacial score (nSPS) is 9.50. The number of carbonyl (C=O) groups excluding carboxylic acids is 1. The molecule has 1 N–H and O–H groups in total. The molecule has 1 aromatic carbocycles. The lowest BCUT2D eigenvalue weighted by atomic mass is 10.1. The van der Waals surface area contributed by atoms with Crippen LogP contribution in [0.1, 0.15) is 5.56 Å². The van der Waals surface area contributed by atoms with Crippen molar-refractivity contribution in [1.29, 1.82) is 0 Å². The molecule has 0 heterocycles. The number of nitrogens with one attached hydrogen (secondary N) is 1. The number of amides is 1. The number of hydrogen-bond acceptors (Lipinski definition) is 1. The van der Waals surface area contributed by atoms with Gasteiger partial charge in [0, 0.05) is 6.54 Å². The van der Waals surface area contributed by atoms with Crippen molar-refractivity contribution in [2.75, 3.05) is 6.54 Å². The van der Waals surface area contributed by atoms with Gasteiger partial charge in [0.25, 0.3) is 5.91 Å². The summed E-state index contributed by atoms with van der Waals surface area (Å²) in [5.74, 6) is -0.152. The van der Waals surface area contributed by atoms with Crippen molar-refractivity contribution in [3.8, 4) is 0 Å². The first-order valence-corrected chi connectivity index (χ1v) is 5.16. The molecule has 0 bridgehead atoms. The van der Waals surface area contributed by atoms with Crippen LogP contribution in [0, 0.1) is 0 Å². The Bertz CT molecular complexity index is 321. The second kappa shape index (κ2) is 5.60. The molecule has 0 fully saturated rings. The first-order chi connectivity index (χ1) is 6.70. The summed E-state index contributed by atoms with van der Waals surface area (Å²) in [6, 6.07) is 10.0. The molecule has 3 heteroatoms. The number of benzene rings is 1. The molecule has 0 radical (unpaired) electrons. The Kier molecular flexibility index (Phi) is 4.40. The molecule has 0 spiro atoms. The predicted octanol–water partition coefficient (Wildman–Crippen LogP) is 2.25. The summed E-state index contributed by atoms with van der Waals surface area (Å²) in [5.41, 5.74) is 1.22. The van der Waals surface area contributed by atoms with Crippen molar-refractivity contribution in [1.82, 2.24) is 5.32 Å². The van der Waals surface area contributed by atoms with E-state index in [1.807, 2.05) is 30.3 Å².